The second-order valence-corrected chi connectivity index (χ2v) is 6.40. The van der Waals surface area contributed by atoms with Gasteiger partial charge < -0.3 is 5.32 Å². The molecule has 0 atom stereocenters. The summed E-state index contributed by atoms with van der Waals surface area (Å²) in [6.45, 7) is 9.45. The van der Waals surface area contributed by atoms with E-state index in [2.05, 4.69) is 72.1 Å². The molecule has 0 saturated carbocycles. The lowest BCUT2D eigenvalue weighted by Crippen LogP contribution is -2.06. The molecule has 0 unspecified atom stereocenters. The van der Waals surface area contributed by atoms with Crippen molar-refractivity contribution in [2.75, 3.05) is 11.9 Å². The summed E-state index contributed by atoms with van der Waals surface area (Å²) in [4.78, 5) is 9.36. The summed E-state index contributed by atoms with van der Waals surface area (Å²) in [5.74, 6) is 2.06. The molecule has 4 heteroatoms. The molecular formula is C17H22BrN3. The molecule has 21 heavy (non-hydrogen) atoms. The Labute approximate surface area is 135 Å². The number of anilines is 1. The van der Waals surface area contributed by atoms with E-state index in [9.17, 15) is 0 Å². The summed E-state index contributed by atoms with van der Waals surface area (Å²) in [6, 6.07) is 8.29. The van der Waals surface area contributed by atoms with Crippen molar-refractivity contribution in [1.29, 1.82) is 0 Å². The first-order chi connectivity index (χ1) is 10.0. The third kappa shape index (κ3) is 4.03. The number of nitrogens with one attached hydrogen (secondary N) is 1. The third-order valence-electron chi connectivity index (χ3n) is 3.32. The van der Waals surface area contributed by atoms with Crippen LogP contribution in [0, 0.1) is 6.92 Å². The van der Waals surface area contributed by atoms with Crippen LogP contribution in [0.1, 0.15) is 44.4 Å². The van der Waals surface area contributed by atoms with Crippen molar-refractivity contribution < 1.29 is 0 Å². The van der Waals surface area contributed by atoms with Gasteiger partial charge in [-0.05, 0) is 30.9 Å². The molecule has 2 aromatic rings. The summed E-state index contributed by atoms with van der Waals surface area (Å²) in [5.41, 5.74) is 3.31. The van der Waals surface area contributed by atoms with E-state index in [-0.39, 0.29) is 0 Å². The Kier molecular flexibility index (Phi) is 5.34. The van der Waals surface area contributed by atoms with Crippen LogP contribution in [-0.2, 0) is 0 Å². The first kappa shape index (κ1) is 16.0. The summed E-state index contributed by atoms with van der Waals surface area (Å²) < 4.78 is 1.08. The van der Waals surface area contributed by atoms with E-state index in [0.29, 0.717) is 5.92 Å². The van der Waals surface area contributed by atoms with E-state index >= 15 is 0 Å². The van der Waals surface area contributed by atoms with Gasteiger partial charge in [0.05, 0.1) is 0 Å². The minimum Gasteiger partial charge on any atom is -0.370 e. The zero-order valence-electron chi connectivity index (χ0n) is 13.1. The largest absolute Gasteiger partial charge is 0.370 e. The minimum atomic E-state index is 0.378. The highest BCUT2D eigenvalue weighted by Gasteiger charge is 2.10. The minimum absolute atomic E-state index is 0.378. The molecule has 0 saturated heterocycles. The Morgan fingerprint density at radius 3 is 2.57 bits per heavy atom. The van der Waals surface area contributed by atoms with Crippen LogP contribution in [0.15, 0.2) is 28.7 Å². The second-order valence-electron chi connectivity index (χ2n) is 5.55. The van der Waals surface area contributed by atoms with Crippen molar-refractivity contribution in [2.45, 2.75) is 40.0 Å². The van der Waals surface area contributed by atoms with Crippen LogP contribution in [-0.4, -0.2) is 16.5 Å². The number of benzene rings is 1. The normalized spacial score (nSPS) is 11.0. The van der Waals surface area contributed by atoms with Crippen molar-refractivity contribution >= 4 is 21.7 Å². The van der Waals surface area contributed by atoms with Gasteiger partial charge in [0.25, 0.3) is 0 Å². The van der Waals surface area contributed by atoms with Crippen LogP contribution in [0.2, 0.25) is 0 Å². The number of rotatable bonds is 5. The van der Waals surface area contributed by atoms with Gasteiger partial charge in [0, 0.05) is 28.3 Å². The van der Waals surface area contributed by atoms with Gasteiger partial charge in [-0.3, -0.25) is 0 Å². The van der Waals surface area contributed by atoms with E-state index in [1.54, 1.807) is 0 Å². The van der Waals surface area contributed by atoms with Gasteiger partial charge in [0.1, 0.15) is 5.82 Å². The highest BCUT2D eigenvalue weighted by atomic mass is 79.9. The van der Waals surface area contributed by atoms with Crippen molar-refractivity contribution in [2.24, 2.45) is 0 Å². The summed E-state index contributed by atoms with van der Waals surface area (Å²) in [5, 5.41) is 3.36. The molecule has 0 aliphatic carbocycles. The van der Waals surface area contributed by atoms with Crippen LogP contribution in [0.4, 0.5) is 5.82 Å². The number of hydrogen-bond acceptors (Lipinski definition) is 3. The van der Waals surface area contributed by atoms with Gasteiger partial charge in [-0.25, -0.2) is 9.97 Å². The first-order valence-electron chi connectivity index (χ1n) is 7.40. The molecular weight excluding hydrogens is 326 g/mol. The number of aryl methyl sites for hydroxylation is 1. The molecule has 1 N–H and O–H groups in total. The fourth-order valence-corrected chi connectivity index (χ4v) is 2.35. The Hall–Kier alpha value is -1.42. The van der Waals surface area contributed by atoms with E-state index in [4.69, 9.17) is 4.98 Å². The monoisotopic (exact) mass is 347 g/mol. The maximum atomic E-state index is 4.71. The molecule has 1 heterocycles. The maximum Gasteiger partial charge on any atom is 0.161 e. The lowest BCUT2D eigenvalue weighted by molar-refractivity contribution is 0.816. The van der Waals surface area contributed by atoms with Crippen molar-refractivity contribution in [3.8, 4) is 11.4 Å². The first-order valence-corrected chi connectivity index (χ1v) is 8.20. The average molecular weight is 348 g/mol. The lowest BCUT2D eigenvalue weighted by atomic mass is 10.1. The topological polar surface area (TPSA) is 37.8 Å². The Morgan fingerprint density at radius 1 is 1.19 bits per heavy atom. The molecule has 2 rings (SSSR count). The van der Waals surface area contributed by atoms with Gasteiger partial charge >= 0.3 is 0 Å². The van der Waals surface area contributed by atoms with Gasteiger partial charge in [0.2, 0.25) is 0 Å². The zero-order chi connectivity index (χ0) is 15.4. The predicted molar refractivity (Wildman–Crippen MR) is 92.8 cm³/mol. The van der Waals surface area contributed by atoms with E-state index < -0.39 is 0 Å². The van der Waals surface area contributed by atoms with E-state index in [1.807, 2.05) is 6.07 Å². The Bertz CT molecular complexity index is 623. The van der Waals surface area contributed by atoms with Gasteiger partial charge in [-0.2, -0.15) is 0 Å². The molecule has 0 aliphatic heterocycles. The van der Waals surface area contributed by atoms with Crippen LogP contribution >= 0.6 is 15.9 Å². The SMILES string of the molecule is CCCNc1cc(C(C)C)nc(-c2ccc(C)c(Br)c2)n1. The molecule has 0 fully saturated rings. The predicted octanol–water partition coefficient (Wildman–Crippen LogP) is 5.16. The number of halogens is 1. The second kappa shape index (κ2) is 7.03. The van der Waals surface area contributed by atoms with Crippen LogP contribution in [0.5, 0.6) is 0 Å². The molecule has 1 aromatic carbocycles. The number of hydrogen-bond donors (Lipinski definition) is 1. The van der Waals surface area contributed by atoms with Gasteiger partial charge in [-0.15, -0.1) is 0 Å². The number of nitrogens with zero attached hydrogens (tertiary/aromatic N) is 2. The zero-order valence-corrected chi connectivity index (χ0v) is 14.7. The molecule has 1 aromatic heterocycles. The highest BCUT2D eigenvalue weighted by Crippen LogP contribution is 2.26. The van der Waals surface area contributed by atoms with Gasteiger partial charge in [-0.1, -0.05) is 48.8 Å². The molecule has 0 aliphatic rings. The Balaban J connectivity index is 2.45. The van der Waals surface area contributed by atoms with Crippen LogP contribution < -0.4 is 5.32 Å². The van der Waals surface area contributed by atoms with Gasteiger partial charge in [0.15, 0.2) is 5.82 Å². The molecule has 0 amide bonds. The molecule has 0 radical (unpaired) electrons. The molecule has 0 bridgehead atoms. The molecule has 112 valence electrons. The smallest absolute Gasteiger partial charge is 0.161 e. The standard InChI is InChI=1S/C17H22BrN3/c1-5-8-19-16-10-15(11(2)3)20-17(21-16)13-7-6-12(4)14(18)9-13/h6-7,9-11H,5,8H2,1-4H3,(H,19,20,21). The summed E-state index contributed by atoms with van der Waals surface area (Å²) >= 11 is 3.58. The summed E-state index contributed by atoms with van der Waals surface area (Å²) in [6.07, 6.45) is 1.08. The van der Waals surface area contributed by atoms with E-state index in [1.165, 1.54) is 5.56 Å². The van der Waals surface area contributed by atoms with Crippen molar-refractivity contribution in [1.82, 2.24) is 9.97 Å². The molecule has 0 spiro atoms. The average Bonchev–Trinajstić information content (AvgIpc) is 2.47. The Morgan fingerprint density at radius 2 is 1.95 bits per heavy atom. The third-order valence-corrected chi connectivity index (χ3v) is 4.18. The maximum absolute atomic E-state index is 4.71. The summed E-state index contributed by atoms with van der Waals surface area (Å²) in [7, 11) is 0. The van der Waals surface area contributed by atoms with Crippen molar-refractivity contribution in [3.63, 3.8) is 0 Å². The molecule has 3 nitrogen and oxygen atoms in total. The van der Waals surface area contributed by atoms with Crippen LogP contribution in [0.25, 0.3) is 11.4 Å². The fraction of sp³-hybridized carbons (Fsp3) is 0.412. The quantitative estimate of drug-likeness (QED) is 0.811. The fourth-order valence-electron chi connectivity index (χ4n) is 1.97. The lowest BCUT2D eigenvalue weighted by Gasteiger charge is -2.12. The van der Waals surface area contributed by atoms with E-state index in [0.717, 1.165) is 40.3 Å². The van der Waals surface area contributed by atoms with Crippen molar-refractivity contribution in [3.05, 3.63) is 40.0 Å². The van der Waals surface area contributed by atoms with Crippen LogP contribution in [0.3, 0.4) is 0 Å². The number of aromatic nitrogens is 2. The highest BCUT2D eigenvalue weighted by molar-refractivity contribution is 9.10.